The molecule has 0 saturated heterocycles. The van der Waals surface area contributed by atoms with Gasteiger partial charge in [0.15, 0.2) is 0 Å². The second-order valence-electron chi connectivity index (χ2n) is 8.24. The average molecular weight is 512 g/mol. The van der Waals surface area contributed by atoms with Gasteiger partial charge in [0.1, 0.15) is 18.2 Å². The number of amides is 2. The van der Waals surface area contributed by atoms with Crippen molar-refractivity contribution in [1.29, 1.82) is 0 Å². The lowest BCUT2D eigenvalue weighted by Crippen LogP contribution is -2.42. The first-order chi connectivity index (χ1) is 17.4. The maximum atomic E-state index is 14.8. The summed E-state index contributed by atoms with van der Waals surface area (Å²) in [6.45, 7) is -0.0982. The van der Waals surface area contributed by atoms with Crippen LogP contribution in [-0.4, -0.2) is 54.2 Å². The molecule has 4 rings (SSSR count). The lowest BCUT2D eigenvalue weighted by molar-refractivity contribution is -0.133. The van der Waals surface area contributed by atoms with Crippen molar-refractivity contribution in [2.75, 3.05) is 26.8 Å². The van der Waals surface area contributed by atoms with Crippen LogP contribution in [0.15, 0.2) is 77.9 Å². The van der Waals surface area contributed by atoms with Gasteiger partial charge in [0.25, 0.3) is 11.8 Å². The number of methoxy groups -OCH3 is 1. The van der Waals surface area contributed by atoms with E-state index >= 15 is 0 Å². The Morgan fingerprint density at radius 3 is 2.56 bits per heavy atom. The monoisotopic (exact) mass is 511 g/mol. The van der Waals surface area contributed by atoms with Gasteiger partial charge in [-0.15, -0.1) is 0 Å². The van der Waals surface area contributed by atoms with Crippen molar-refractivity contribution < 1.29 is 23.1 Å². The number of carbonyl (C=O) groups is 2. The molecule has 0 N–H and O–H groups in total. The van der Waals surface area contributed by atoms with E-state index in [-0.39, 0.29) is 31.7 Å². The van der Waals surface area contributed by atoms with E-state index in [1.54, 1.807) is 42.5 Å². The predicted molar refractivity (Wildman–Crippen MR) is 133 cm³/mol. The molecule has 0 fully saturated rings. The fourth-order valence-corrected chi connectivity index (χ4v) is 4.32. The summed E-state index contributed by atoms with van der Waals surface area (Å²) in [5, 5.41) is 6.18. The second kappa shape index (κ2) is 11.4. The summed E-state index contributed by atoms with van der Waals surface area (Å²) >= 11 is 6.36. The third kappa shape index (κ3) is 5.61. The van der Waals surface area contributed by atoms with E-state index in [9.17, 15) is 18.4 Å². The van der Waals surface area contributed by atoms with Gasteiger partial charge in [-0.05, 0) is 30.3 Å². The maximum Gasteiger partial charge on any atom is 0.262 e. The maximum absolute atomic E-state index is 14.8. The minimum Gasteiger partial charge on any atom is -0.383 e. The third-order valence-corrected chi connectivity index (χ3v) is 6.19. The number of carbonyl (C=O) groups excluding carboxylic acids is 2. The highest BCUT2D eigenvalue weighted by Crippen LogP contribution is 2.35. The molecule has 186 valence electrons. The first kappa shape index (κ1) is 25.5. The number of halogens is 3. The van der Waals surface area contributed by atoms with E-state index in [2.05, 4.69) is 5.10 Å². The van der Waals surface area contributed by atoms with Gasteiger partial charge >= 0.3 is 0 Å². The molecular formula is C27H24ClF2N3O3. The van der Waals surface area contributed by atoms with Crippen LogP contribution in [0, 0.1) is 11.6 Å². The van der Waals surface area contributed by atoms with Crippen molar-refractivity contribution in [2.45, 2.75) is 12.5 Å². The van der Waals surface area contributed by atoms with Gasteiger partial charge in [0, 0.05) is 41.8 Å². The summed E-state index contributed by atoms with van der Waals surface area (Å²) in [5.41, 5.74) is 1.58. The van der Waals surface area contributed by atoms with Gasteiger partial charge < -0.3 is 9.64 Å². The quantitative estimate of drug-likeness (QED) is 0.423. The SMILES string of the molecule is COCCN(CC(=O)N1N=C(c2ccccc2Cl)C[C@@H]1c1ccccc1F)C(=O)c1cccc(F)c1. The number of nitrogens with zero attached hydrogens (tertiary/aromatic N) is 3. The van der Waals surface area contributed by atoms with Crippen LogP contribution < -0.4 is 0 Å². The molecule has 9 heteroatoms. The van der Waals surface area contributed by atoms with E-state index in [0.717, 1.165) is 6.07 Å². The minimum absolute atomic E-state index is 0.0941. The summed E-state index contributed by atoms with van der Waals surface area (Å²) in [4.78, 5) is 27.9. The number of hydrazone groups is 1. The van der Waals surface area contributed by atoms with Gasteiger partial charge in [0.05, 0.1) is 18.4 Å². The van der Waals surface area contributed by atoms with Crippen LogP contribution in [-0.2, 0) is 9.53 Å². The lowest BCUT2D eigenvalue weighted by Gasteiger charge is -2.27. The van der Waals surface area contributed by atoms with Crippen LogP contribution in [0.3, 0.4) is 0 Å². The Hall–Kier alpha value is -3.62. The Bertz CT molecular complexity index is 1300. The van der Waals surface area contributed by atoms with Crippen LogP contribution in [0.1, 0.15) is 33.9 Å². The molecule has 0 radical (unpaired) electrons. The molecule has 0 spiro atoms. The van der Waals surface area contributed by atoms with Crippen LogP contribution in [0.5, 0.6) is 0 Å². The fourth-order valence-electron chi connectivity index (χ4n) is 4.08. The zero-order valence-corrected chi connectivity index (χ0v) is 20.3. The van der Waals surface area contributed by atoms with Crippen molar-refractivity contribution in [2.24, 2.45) is 5.10 Å². The first-order valence-electron chi connectivity index (χ1n) is 11.3. The van der Waals surface area contributed by atoms with E-state index in [1.165, 1.54) is 41.3 Å². The number of hydrogen-bond acceptors (Lipinski definition) is 4. The van der Waals surface area contributed by atoms with Crippen molar-refractivity contribution in [3.05, 3.63) is 106 Å². The predicted octanol–water partition coefficient (Wildman–Crippen LogP) is 5.08. The number of benzene rings is 3. The molecule has 2 amide bonds. The highest BCUT2D eigenvalue weighted by Gasteiger charge is 2.36. The van der Waals surface area contributed by atoms with Crippen LogP contribution in [0.25, 0.3) is 0 Å². The van der Waals surface area contributed by atoms with Gasteiger partial charge in [-0.2, -0.15) is 5.10 Å². The Balaban J connectivity index is 1.66. The van der Waals surface area contributed by atoms with E-state index < -0.39 is 29.5 Å². The molecule has 36 heavy (non-hydrogen) atoms. The molecule has 6 nitrogen and oxygen atoms in total. The summed E-state index contributed by atoms with van der Waals surface area (Å²) < 4.78 is 33.6. The first-order valence-corrected chi connectivity index (χ1v) is 11.7. The minimum atomic E-state index is -0.724. The van der Waals surface area contributed by atoms with Crippen LogP contribution in [0.4, 0.5) is 8.78 Å². The zero-order valence-electron chi connectivity index (χ0n) is 19.5. The molecule has 1 atom stereocenters. The molecule has 0 bridgehead atoms. The standard InChI is InChI=1S/C27H24ClF2N3O3/c1-36-14-13-32(27(35)18-7-6-8-19(29)15-18)17-26(34)33-25(21-10-3-5-12-23(21)30)16-24(31-33)20-9-2-4-11-22(20)28/h2-12,15,25H,13-14,16-17H2,1H3/t25-/m1/s1. The van der Waals surface area contributed by atoms with Gasteiger partial charge in [-0.1, -0.05) is 54.1 Å². The number of ether oxygens (including phenoxy) is 1. The zero-order chi connectivity index (χ0) is 25.7. The lowest BCUT2D eigenvalue weighted by atomic mass is 9.98. The Morgan fingerprint density at radius 2 is 1.83 bits per heavy atom. The third-order valence-electron chi connectivity index (χ3n) is 5.87. The van der Waals surface area contributed by atoms with Gasteiger partial charge in [0.2, 0.25) is 0 Å². The number of hydrogen-bond donors (Lipinski definition) is 0. The molecule has 0 saturated carbocycles. The van der Waals surface area contributed by atoms with Crippen molar-refractivity contribution >= 4 is 29.1 Å². The Morgan fingerprint density at radius 1 is 1.08 bits per heavy atom. The topological polar surface area (TPSA) is 62.2 Å². The molecule has 3 aromatic carbocycles. The van der Waals surface area contributed by atoms with Crippen LogP contribution in [0.2, 0.25) is 5.02 Å². The van der Waals surface area contributed by atoms with Crippen molar-refractivity contribution in [3.63, 3.8) is 0 Å². The Labute approximate surface area is 212 Å². The molecule has 1 aliphatic heterocycles. The molecule has 0 unspecified atom stereocenters. The molecule has 3 aromatic rings. The van der Waals surface area contributed by atoms with Crippen LogP contribution >= 0.6 is 11.6 Å². The van der Waals surface area contributed by atoms with Crippen molar-refractivity contribution in [1.82, 2.24) is 9.91 Å². The highest BCUT2D eigenvalue weighted by molar-refractivity contribution is 6.34. The van der Waals surface area contributed by atoms with Gasteiger partial charge in [-0.25, -0.2) is 13.8 Å². The normalized spacial score (nSPS) is 15.1. The molecule has 1 aliphatic rings. The van der Waals surface area contributed by atoms with E-state index in [1.807, 2.05) is 0 Å². The number of rotatable bonds is 8. The fraction of sp³-hybridized carbons (Fsp3) is 0.222. The van der Waals surface area contributed by atoms with E-state index in [0.29, 0.717) is 21.9 Å². The Kier molecular flexibility index (Phi) is 8.07. The molecular weight excluding hydrogens is 488 g/mol. The van der Waals surface area contributed by atoms with Gasteiger partial charge in [-0.3, -0.25) is 9.59 Å². The smallest absolute Gasteiger partial charge is 0.262 e. The summed E-state index contributed by atoms with van der Waals surface area (Å²) in [6, 6.07) is 17.8. The average Bonchev–Trinajstić information content (AvgIpc) is 3.31. The second-order valence-corrected chi connectivity index (χ2v) is 8.64. The molecule has 1 heterocycles. The molecule has 0 aromatic heterocycles. The van der Waals surface area contributed by atoms with E-state index in [4.69, 9.17) is 16.3 Å². The summed E-state index contributed by atoms with van der Waals surface area (Å²) in [5.74, 6) is -2.09. The molecule has 0 aliphatic carbocycles. The summed E-state index contributed by atoms with van der Waals surface area (Å²) in [7, 11) is 1.47. The summed E-state index contributed by atoms with van der Waals surface area (Å²) in [6.07, 6.45) is 0.242. The van der Waals surface area contributed by atoms with Crippen molar-refractivity contribution in [3.8, 4) is 0 Å². The largest absolute Gasteiger partial charge is 0.383 e. The highest BCUT2D eigenvalue weighted by atomic mass is 35.5.